The number of hydrogen-bond donors (Lipinski definition) is 1. The van der Waals surface area contributed by atoms with Gasteiger partial charge in [0.2, 0.25) is 5.75 Å². The summed E-state index contributed by atoms with van der Waals surface area (Å²) in [5.74, 6) is 1.77. The fourth-order valence-corrected chi connectivity index (χ4v) is 3.80. The Bertz CT molecular complexity index is 818. The molecule has 0 saturated carbocycles. The van der Waals surface area contributed by atoms with Crippen molar-refractivity contribution in [3.63, 3.8) is 0 Å². The fourth-order valence-electron chi connectivity index (χ4n) is 3.80. The van der Waals surface area contributed by atoms with Crippen LogP contribution >= 0.6 is 0 Å². The molecule has 6 heteroatoms. The Hall–Kier alpha value is -2.75. The molecule has 3 atom stereocenters. The van der Waals surface area contributed by atoms with E-state index >= 15 is 0 Å². The number of nitriles is 1. The van der Waals surface area contributed by atoms with Crippen LogP contribution in [0.2, 0.25) is 0 Å². The lowest BCUT2D eigenvalue weighted by Crippen LogP contribution is -2.21. The molecule has 6 nitrogen and oxygen atoms in total. The second kappa shape index (κ2) is 8.96. The van der Waals surface area contributed by atoms with E-state index in [1.54, 1.807) is 21.3 Å². The standard InChI is InChI=1S/C22H25NO5/c1-25-19-9-16(10-20(26-2)22(19)27-3)21-18(12-24)17(13-28-21)8-14-4-6-15(11-23)7-5-14/h4-7,9-10,17-18,21,24H,8,12-13H2,1-3H3/t17-,18-,21+/m0/s1. The van der Waals surface area contributed by atoms with E-state index in [2.05, 4.69) is 6.07 Å². The second-order valence-corrected chi connectivity index (χ2v) is 6.83. The zero-order chi connectivity index (χ0) is 20.1. The van der Waals surface area contributed by atoms with Crippen molar-refractivity contribution in [2.45, 2.75) is 12.5 Å². The molecule has 0 bridgehead atoms. The van der Waals surface area contributed by atoms with Crippen molar-refractivity contribution in [2.24, 2.45) is 11.8 Å². The molecule has 1 aliphatic heterocycles. The van der Waals surface area contributed by atoms with Crippen LogP contribution in [0.4, 0.5) is 0 Å². The zero-order valence-corrected chi connectivity index (χ0v) is 16.3. The fraction of sp³-hybridized carbons (Fsp3) is 0.409. The molecule has 148 valence electrons. The van der Waals surface area contributed by atoms with Crippen LogP contribution in [0.25, 0.3) is 0 Å². The molecule has 1 fully saturated rings. The van der Waals surface area contributed by atoms with Gasteiger partial charge in [0.15, 0.2) is 11.5 Å². The average molecular weight is 383 g/mol. The van der Waals surface area contributed by atoms with Crippen LogP contribution in [0.1, 0.15) is 22.8 Å². The molecule has 0 unspecified atom stereocenters. The van der Waals surface area contributed by atoms with Crippen molar-refractivity contribution >= 4 is 0 Å². The maximum Gasteiger partial charge on any atom is 0.203 e. The van der Waals surface area contributed by atoms with Crippen molar-refractivity contribution < 1.29 is 24.1 Å². The number of aliphatic hydroxyl groups is 1. The monoisotopic (exact) mass is 383 g/mol. The first-order valence-electron chi connectivity index (χ1n) is 9.16. The molecule has 1 saturated heterocycles. The van der Waals surface area contributed by atoms with Crippen molar-refractivity contribution in [3.8, 4) is 23.3 Å². The summed E-state index contributed by atoms with van der Waals surface area (Å²) in [4.78, 5) is 0. The third kappa shape index (κ3) is 3.91. The van der Waals surface area contributed by atoms with Crippen LogP contribution < -0.4 is 14.2 Å². The van der Waals surface area contributed by atoms with Gasteiger partial charge in [0.25, 0.3) is 0 Å². The number of benzene rings is 2. The summed E-state index contributed by atoms with van der Waals surface area (Å²) in [6, 6.07) is 13.4. The molecule has 1 N–H and O–H groups in total. The van der Waals surface area contributed by atoms with Crippen molar-refractivity contribution in [3.05, 3.63) is 53.1 Å². The Morgan fingerprint density at radius 2 is 1.71 bits per heavy atom. The number of nitrogens with zero attached hydrogens (tertiary/aromatic N) is 1. The van der Waals surface area contributed by atoms with Crippen LogP contribution in [0.15, 0.2) is 36.4 Å². The van der Waals surface area contributed by atoms with Crippen LogP contribution in [-0.4, -0.2) is 39.6 Å². The van der Waals surface area contributed by atoms with E-state index in [0.717, 1.165) is 17.5 Å². The normalized spacial score (nSPS) is 21.2. The maximum atomic E-state index is 10.1. The smallest absolute Gasteiger partial charge is 0.203 e. The van der Waals surface area contributed by atoms with E-state index in [-0.39, 0.29) is 24.5 Å². The van der Waals surface area contributed by atoms with E-state index in [1.807, 2.05) is 36.4 Å². The summed E-state index contributed by atoms with van der Waals surface area (Å²) < 4.78 is 22.4. The Morgan fingerprint density at radius 1 is 1.07 bits per heavy atom. The predicted molar refractivity (Wildman–Crippen MR) is 104 cm³/mol. The highest BCUT2D eigenvalue weighted by Gasteiger charge is 2.38. The minimum absolute atomic E-state index is 0.0161. The summed E-state index contributed by atoms with van der Waals surface area (Å²) in [5, 5.41) is 19.0. The molecule has 2 aromatic rings. The predicted octanol–water partition coefficient (Wildman–Crippen LogP) is 3.12. The Balaban J connectivity index is 1.84. The second-order valence-electron chi connectivity index (χ2n) is 6.83. The van der Waals surface area contributed by atoms with Gasteiger partial charge in [-0.25, -0.2) is 0 Å². The number of ether oxygens (including phenoxy) is 4. The molecule has 0 radical (unpaired) electrons. The SMILES string of the molecule is COc1cc([C@H]2OC[C@H](Cc3ccc(C#N)cc3)[C@@H]2CO)cc(OC)c1OC. The highest BCUT2D eigenvalue weighted by atomic mass is 16.5. The van der Waals surface area contributed by atoms with Crippen LogP contribution in [0, 0.1) is 23.2 Å². The van der Waals surface area contributed by atoms with Crippen LogP contribution in [0.3, 0.4) is 0 Å². The summed E-state index contributed by atoms with van der Waals surface area (Å²) in [6.45, 7) is 0.564. The molecule has 0 aromatic heterocycles. The number of aliphatic hydroxyl groups excluding tert-OH is 1. The van der Waals surface area contributed by atoms with E-state index < -0.39 is 0 Å². The number of rotatable bonds is 7. The van der Waals surface area contributed by atoms with Gasteiger partial charge in [-0.3, -0.25) is 0 Å². The first kappa shape index (κ1) is 20.0. The Morgan fingerprint density at radius 3 is 2.21 bits per heavy atom. The Kier molecular flexibility index (Phi) is 6.40. The minimum Gasteiger partial charge on any atom is -0.493 e. The summed E-state index contributed by atoms with van der Waals surface area (Å²) in [5.41, 5.74) is 2.65. The first-order valence-corrected chi connectivity index (χ1v) is 9.16. The third-order valence-electron chi connectivity index (χ3n) is 5.29. The lowest BCUT2D eigenvalue weighted by atomic mass is 9.84. The third-order valence-corrected chi connectivity index (χ3v) is 5.29. The first-order chi connectivity index (χ1) is 13.6. The molecule has 0 spiro atoms. The average Bonchev–Trinajstić information content (AvgIpc) is 3.15. The molecule has 0 aliphatic carbocycles. The lowest BCUT2D eigenvalue weighted by Gasteiger charge is -2.23. The molecule has 2 aromatic carbocycles. The highest BCUT2D eigenvalue weighted by Crippen LogP contribution is 2.45. The lowest BCUT2D eigenvalue weighted by molar-refractivity contribution is 0.0715. The largest absolute Gasteiger partial charge is 0.493 e. The molecule has 28 heavy (non-hydrogen) atoms. The quantitative estimate of drug-likeness (QED) is 0.791. The maximum absolute atomic E-state index is 10.1. The van der Waals surface area contributed by atoms with E-state index in [9.17, 15) is 5.11 Å². The van der Waals surface area contributed by atoms with Gasteiger partial charge >= 0.3 is 0 Å². The number of methoxy groups -OCH3 is 3. The molecule has 1 aliphatic rings. The summed E-state index contributed by atoms with van der Waals surface area (Å²) in [7, 11) is 4.72. The van der Waals surface area contributed by atoms with Crippen LogP contribution in [-0.2, 0) is 11.2 Å². The summed E-state index contributed by atoms with van der Waals surface area (Å²) >= 11 is 0. The van der Waals surface area contributed by atoms with Gasteiger partial charge < -0.3 is 24.1 Å². The molecular weight excluding hydrogens is 358 g/mol. The summed E-state index contributed by atoms with van der Waals surface area (Å²) in [6.07, 6.45) is 0.514. The van der Waals surface area contributed by atoms with Crippen molar-refractivity contribution in [1.82, 2.24) is 0 Å². The molecule has 3 rings (SSSR count). The molecule has 0 amide bonds. The topological polar surface area (TPSA) is 80.9 Å². The van der Waals surface area contributed by atoms with E-state index in [4.69, 9.17) is 24.2 Å². The molecular formula is C22H25NO5. The van der Waals surface area contributed by atoms with E-state index in [0.29, 0.717) is 29.4 Å². The van der Waals surface area contributed by atoms with Gasteiger partial charge in [0.1, 0.15) is 0 Å². The Labute approximate surface area is 165 Å². The minimum atomic E-state index is -0.262. The number of hydrogen-bond acceptors (Lipinski definition) is 6. The zero-order valence-electron chi connectivity index (χ0n) is 16.3. The van der Waals surface area contributed by atoms with Gasteiger partial charge in [0, 0.05) is 12.5 Å². The van der Waals surface area contributed by atoms with Gasteiger partial charge in [-0.1, -0.05) is 12.1 Å². The highest BCUT2D eigenvalue weighted by molar-refractivity contribution is 5.54. The molecule has 1 heterocycles. The van der Waals surface area contributed by atoms with E-state index in [1.165, 1.54) is 0 Å². The van der Waals surface area contributed by atoms with Crippen LogP contribution in [0.5, 0.6) is 17.2 Å². The van der Waals surface area contributed by atoms with Gasteiger partial charge in [0.05, 0.1) is 45.7 Å². The van der Waals surface area contributed by atoms with Gasteiger partial charge in [-0.15, -0.1) is 0 Å². The van der Waals surface area contributed by atoms with Crippen molar-refractivity contribution in [1.29, 1.82) is 5.26 Å². The van der Waals surface area contributed by atoms with Crippen molar-refractivity contribution in [2.75, 3.05) is 34.5 Å². The van der Waals surface area contributed by atoms with Gasteiger partial charge in [-0.2, -0.15) is 5.26 Å². The van der Waals surface area contributed by atoms with Gasteiger partial charge in [-0.05, 0) is 47.7 Å².